The number of hydrogen-bond donors (Lipinski definition) is 2. The fourth-order valence-corrected chi connectivity index (χ4v) is 4.09. The van der Waals surface area contributed by atoms with Crippen LogP contribution in [0, 0.1) is 0 Å². The van der Waals surface area contributed by atoms with Crippen LogP contribution in [-0.2, 0) is 9.59 Å². The predicted octanol–water partition coefficient (Wildman–Crippen LogP) is 3.62. The van der Waals surface area contributed by atoms with Crippen LogP contribution in [0.25, 0.3) is 6.08 Å². The Balaban J connectivity index is 1.63. The molecule has 0 aromatic heterocycles. The SMILES string of the molecule is COc1ccccc1C=C1SC(=S)N(CCC(=O)Nc2cccc(C(=O)O)c2)C1=O. The minimum atomic E-state index is -1.08. The molecule has 0 radical (unpaired) electrons. The van der Waals surface area contributed by atoms with Gasteiger partial charge in [0.1, 0.15) is 10.1 Å². The van der Waals surface area contributed by atoms with E-state index in [2.05, 4.69) is 5.32 Å². The molecular weight excluding hydrogens is 424 g/mol. The molecule has 30 heavy (non-hydrogen) atoms. The summed E-state index contributed by atoms with van der Waals surface area (Å²) in [4.78, 5) is 37.8. The molecule has 1 fully saturated rings. The summed E-state index contributed by atoms with van der Waals surface area (Å²) in [5.41, 5.74) is 1.21. The molecule has 1 heterocycles. The molecule has 7 nitrogen and oxygen atoms in total. The van der Waals surface area contributed by atoms with Crippen LogP contribution in [0.2, 0.25) is 0 Å². The molecule has 9 heteroatoms. The van der Waals surface area contributed by atoms with Crippen molar-refractivity contribution in [1.29, 1.82) is 0 Å². The third-order valence-electron chi connectivity index (χ3n) is 4.25. The van der Waals surface area contributed by atoms with Crippen LogP contribution >= 0.6 is 24.0 Å². The molecule has 0 aliphatic carbocycles. The number of carbonyl (C=O) groups is 3. The standard InChI is InChI=1S/C21H18N2O5S2/c1-28-16-8-3-2-5-13(16)12-17-19(25)23(21(29)30-17)10-9-18(24)22-15-7-4-6-14(11-15)20(26)27/h2-8,11-12H,9-10H2,1H3,(H,22,24)(H,26,27). The van der Waals surface area contributed by atoms with Crippen molar-refractivity contribution in [2.24, 2.45) is 0 Å². The van der Waals surface area contributed by atoms with E-state index in [1.54, 1.807) is 31.4 Å². The Morgan fingerprint density at radius 1 is 1.23 bits per heavy atom. The van der Waals surface area contributed by atoms with Crippen molar-refractivity contribution in [3.8, 4) is 5.75 Å². The van der Waals surface area contributed by atoms with Crippen LogP contribution in [0.5, 0.6) is 5.75 Å². The monoisotopic (exact) mass is 442 g/mol. The Labute approximate surface area is 182 Å². The van der Waals surface area contributed by atoms with Gasteiger partial charge >= 0.3 is 5.97 Å². The van der Waals surface area contributed by atoms with E-state index in [4.69, 9.17) is 22.1 Å². The number of rotatable bonds is 7. The predicted molar refractivity (Wildman–Crippen MR) is 120 cm³/mol. The normalized spacial score (nSPS) is 14.8. The van der Waals surface area contributed by atoms with E-state index >= 15 is 0 Å². The maximum atomic E-state index is 12.7. The molecule has 1 aliphatic heterocycles. The van der Waals surface area contributed by atoms with Crippen molar-refractivity contribution in [1.82, 2.24) is 4.90 Å². The molecule has 0 unspecified atom stereocenters. The zero-order valence-electron chi connectivity index (χ0n) is 16.0. The maximum absolute atomic E-state index is 12.7. The van der Waals surface area contributed by atoms with Crippen molar-refractivity contribution in [3.05, 3.63) is 64.6 Å². The van der Waals surface area contributed by atoms with Crippen LogP contribution in [0.3, 0.4) is 0 Å². The van der Waals surface area contributed by atoms with Gasteiger partial charge in [0.2, 0.25) is 5.91 Å². The zero-order chi connectivity index (χ0) is 21.7. The van der Waals surface area contributed by atoms with Gasteiger partial charge in [0.05, 0.1) is 17.6 Å². The van der Waals surface area contributed by atoms with Gasteiger partial charge in [-0.05, 0) is 30.3 Å². The Bertz CT molecular complexity index is 1050. The summed E-state index contributed by atoms with van der Waals surface area (Å²) in [5, 5.41) is 11.7. The highest BCUT2D eigenvalue weighted by atomic mass is 32.2. The number of para-hydroxylation sites is 1. The average Bonchev–Trinajstić information content (AvgIpc) is 2.99. The number of carbonyl (C=O) groups excluding carboxylic acids is 2. The summed E-state index contributed by atoms with van der Waals surface area (Å²) in [6.07, 6.45) is 1.74. The Hall–Kier alpha value is -3.17. The van der Waals surface area contributed by atoms with Gasteiger partial charge in [-0.15, -0.1) is 0 Å². The van der Waals surface area contributed by atoms with Gasteiger partial charge in [0.25, 0.3) is 5.91 Å². The van der Waals surface area contributed by atoms with Crippen molar-refractivity contribution in [2.75, 3.05) is 19.0 Å². The van der Waals surface area contributed by atoms with Crippen molar-refractivity contribution in [3.63, 3.8) is 0 Å². The highest BCUT2D eigenvalue weighted by molar-refractivity contribution is 8.26. The lowest BCUT2D eigenvalue weighted by atomic mass is 10.2. The number of thioether (sulfide) groups is 1. The van der Waals surface area contributed by atoms with Gasteiger partial charge in [-0.1, -0.05) is 48.2 Å². The summed E-state index contributed by atoms with van der Waals surface area (Å²) in [5.74, 6) is -1.05. The lowest BCUT2D eigenvalue weighted by Crippen LogP contribution is -2.31. The molecule has 0 spiro atoms. The summed E-state index contributed by atoms with van der Waals surface area (Å²) >= 11 is 6.47. The van der Waals surface area contributed by atoms with Crippen molar-refractivity contribution >= 4 is 57.8 Å². The van der Waals surface area contributed by atoms with Gasteiger partial charge in [0, 0.05) is 24.2 Å². The molecule has 2 aromatic carbocycles. The number of carboxylic acid groups (broad SMARTS) is 1. The summed E-state index contributed by atoms with van der Waals surface area (Å²) in [6, 6.07) is 13.3. The number of hydrogen-bond acceptors (Lipinski definition) is 6. The number of nitrogens with zero attached hydrogens (tertiary/aromatic N) is 1. The molecule has 2 amide bonds. The highest BCUT2D eigenvalue weighted by Gasteiger charge is 2.32. The number of ether oxygens (including phenoxy) is 1. The largest absolute Gasteiger partial charge is 0.496 e. The van der Waals surface area contributed by atoms with Gasteiger partial charge in [0.15, 0.2) is 0 Å². The van der Waals surface area contributed by atoms with Crippen LogP contribution < -0.4 is 10.1 Å². The van der Waals surface area contributed by atoms with Gasteiger partial charge in [-0.25, -0.2) is 4.79 Å². The van der Waals surface area contributed by atoms with Crippen LogP contribution in [-0.4, -0.2) is 45.8 Å². The number of nitrogens with one attached hydrogen (secondary N) is 1. The average molecular weight is 443 g/mol. The number of amides is 2. The molecule has 2 aromatic rings. The van der Waals surface area contributed by atoms with Gasteiger partial charge < -0.3 is 15.2 Å². The highest BCUT2D eigenvalue weighted by Crippen LogP contribution is 2.34. The minimum Gasteiger partial charge on any atom is -0.496 e. The number of thiocarbonyl (C=S) groups is 1. The van der Waals surface area contributed by atoms with Crippen LogP contribution in [0.1, 0.15) is 22.3 Å². The number of carboxylic acids is 1. The van der Waals surface area contributed by atoms with Gasteiger partial charge in [-0.2, -0.15) is 0 Å². The molecule has 3 rings (SSSR count). The van der Waals surface area contributed by atoms with E-state index in [-0.39, 0.29) is 30.3 Å². The second-order valence-corrected chi connectivity index (χ2v) is 7.94. The Kier molecular flexibility index (Phi) is 6.86. The number of anilines is 1. The fraction of sp³-hybridized carbons (Fsp3) is 0.143. The topological polar surface area (TPSA) is 95.9 Å². The van der Waals surface area contributed by atoms with E-state index in [1.165, 1.54) is 28.8 Å². The lowest BCUT2D eigenvalue weighted by molar-refractivity contribution is -0.122. The summed E-state index contributed by atoms with van der Waals surface area (Å²) in [7, 11) is 1.56. The van der Waals surface area contributed by atoms with E-state index in [0.29, 0.717) is 20.7 Å². The summed E-state index contributed by atoms with van der Waals surface area (Å²) < 4.78 is 5.68. The lowest BCUT2D eigenvalue weighted by Gasteiger charge is -2.14. The second-order valence-electron chi connectivity index (χ2n) is 6.26. The quantitative estimate of drug-likeness (QED) is 0.499. The van der Waals surface area contributed by atoms with Gasteiger partial charge in [-0.3, -0.25) is 14.5 Å². The molecule has 0 bridgehead atoms. The third kappa shape index (κ3) is 5.05. The van der Waals surface area contributed by atoms with Crippen LogP contribution in [0.15, 0.2) is 53.4 Å². The van der Waals surface area contributed by atoms with Crippen LogP contribution in [0.4, 0.5) is 5.69 Å². The molecular formula is C21H18N2O5S2. The first-order valence-corrected chi connectivity index (χ1v) is 10.1. The Morgan fingerprint density at radius 2 is 2.00 bits per heavy atom. The number of aromatic carboxylic acids is 1. The maximum Gasteiger partial charge on any atom is 0.335 e. The Morgan fingerprint density at radius 3 is 2.73 bits per heavy atom. The first-order valence-electron chi connectivity index (χ1n) is 8.90. The smallest absolute Gasteiger partial charge is 0.335 e. The molecule has 1 aliphatic rings. The first-order chi connectivity index (χ1) is 14.4. The van der Waals surface area contributed by atoms with E-state index in [0.717, 1.165) is 5.56 Å². The fourth-order valence-electron chi connectivity index (χ4n) is 2.79. The first kappa shape index (κ1) is 21.5. The molecule has 2 N–H and O–H groups in total. The third-order valence-corrected chi connectivity index (χ3v) is 5.63. The molecule has 0 atom stereocenters. The molecule has 154 valence electrons. The van der Waals surface area contributed by atoms with E-state index < -0.39 is 5.97 Å². The number of methoxy groups -OCH3 is 1. The summed E-state index contributed by atoms with van der Waals surface area (Å²) in [6.45, 7) is 0.123. The van der Waals surface area contributed by atoms with E-state index in [9.17, 15) is 14.4 Å². The van der Waals surface area contributed by atoms with Crippen molar-refractivity contribution < 1.29 is 24.2 Å². The van der Waals surface area contributed by atoms with E-state index in [1.807, 2.05) is 18.2 Å². The zero-order valence-corrected chi connectivity index (χ0v) is 17.6. The molecule has 1 saturated heterocycles. The molecule has 0 saturated carbocycles. The van der Waals surface area contributed by atoms with Crippen molar-refractivity contribution in [2.45, 2.75) is 6.42 Å². The minimum absolute atomic E-state index is 0.0195. The number of benzene rings is 2. The second kappa shape index (κ2) is 9.55.